The van der Waals surface area contributed by atoms with Gasteiger partial charge in [-0.1, -0.05) is 6.08 Å². The van der Waals surface area contributed by atoms with Gasteiger partial charge in [0.1, 0.15) is 0 Å². The van der Waals surface area contributed by atoms with Crippen LogP contribution < -0.4 is 18.9 Å². The monoisotopic (exact) mass is 418 g/mol. The Labute approximate surface area is 160 Å². The third kappa shape index (κ3) is 4.02. The van der Waals surface area contributed by atoms with E-state index in [0.717, 1.165) is 10.0 Å². The van der Waals surface area contributed by atoms with Gasteiger partial charge in [-0.2, -0.15) is 0 Å². The van der Waals surface area contributed by atoms with Crippen molar-refractivity contribution in [2.24, 2.45) is 0 Å². The van der Waals surface area contributed by atoms with E-state index < -0.39 is 0 Å². The summed E-state index contributed by atoms with van der Waals surface area (Å²) in [5, 5.41) is 0. The first-order valence-corrected chi connectivity index (χ1v) is 9.12. The van der Waals surface area contributed by atoms with Gasteiger partial charge in [0.2, 0.25) is 6.79 Å². The average Bonchev–Trinajstić information content (AvgIpc) is 3.10. The Balaban J connectivity index is 1.82. The number of rotatable bonds is 7. The predicted molar refractivity (Wildman–Crippen MR) is 102 cm³/mol. The minimum absolute atomic E-state index is 0.119. The molecule has 0 atom stereocenters. The van der Waals surface area contributed by atoms with Crippen LogP contribution in [0.4, 0.5) is 0 Å². The van der Waals surface area contributed by atoms with E-state index in [2.05, 4.69) is 15.9 Å². The van der Waals surface area contributed by atoms with E-state index in [-0.39, 0.29) is 12.6 Å². The van der Waals surface area contributed by atoms with E-state index >= 15 is 0 Å². The normalized spacial score (nSPS) is 12.4. The molecule has 0 fully saturated rings. The van der Waals surface area contributed by atoms with Gasteiger partial charge in [-0.05, 0) is 71.7 Å². The zero-order chi connectivity index (χ0) is 18.5. The first-order valence-electron chi connectivity index (χ1n) is 8.33. The first-order chi connectivity index (χ1) is 12.6. The van der Waals surface area contributed by atoms with Crippen LogP contribution in [0.2, 0.25) is 0 Å². The molecule has 5 nitrogen and oxygen atoms in total. The Kier molecular flexibility index (Phi) is 5.83. The van der Waals surface area contributed by atoms with Crippen molar-refractivity contribution < 1.29 is 23.7 Å². The van der Waals surface area contributed by atoms with Crippen LogP contribution >= 0.6 is 15.9 Å². The molecule has 0 N–H and O–H groups in total. The molecule has 26 heavy (non-hydrogen) atoms. The van der Waals surface area contributed by atoms with Gasteiger partial charge >= 0.3 is 0 Å². The second-order valence-electron chi connectivity index (χ2n) is 5.46. The predicted octanol–water partition coefficient (Wildman–Crippen LogP) is 4.87. The van der Waals surface area contributed by atoms with Crippen molar-refractivity contribution in [3.8, 4) is 23.0 Å². The summed E-state index contributed by atoms with van der Waals surface area (Å²) in [7, 11) is 0. The Morgan fingerprint density at radius 1 is 1.12 bits per heavy atom. The lowest BCUT2D eigenvalue weighted by atomic mass is 10.1. The maximum Gasteiger partial charge on any atom is 0.231 e. The molecule has 1 heterocycles. The highest BCUT2D eigenvalue weighted by Gasteiger charge is 2.15. The van der Waals surface area contributed by atoms with Crippen molar-refractivity contribution in [1.29, 1.82) is 0 Å². The molecule has 1 aliphatic heterocycles. The molecule has 0 aromatic heterocycles. The van der Waals surface area contributed by atoms with Crippen molar-refractivity contribution in [3.05, 3.63) is 52.0 Å². The fourth-order valence-corrected chi connectivity index (χ4v) is 3.12. The summed E-state index contributed by atoms with van der Waals surface area (Å²) < 4.78 is 22.6. The summed E-state index contributed by atoms with van der Waals surface area (Å²) in [4.78, 5) is 12.4. The topological polar surface area (TPSA) is 54.0 Å². The molecule has 0 spiro atoms. The van der Waals surface area contributed by atoms with Crippen LogP contribution in [0.3, 0.4) is 0 Å². The molecule has 0 radical (unpaired) electrons. The minimum atomic E-state index is -0.119. The van der Waals surface area contributed by atoms with Crippen molar-refractivity contribution in [1.82, 2.24) is 0 Å². The van der Waals surface area contributed by atoms with Gasteiger partial charge in [0.15, 0.2) is 28.8 Å². The lowest BCUT2D eigenvalue weighted by Crippen LogP contribution is -2.00. The largest absolute Gasteiger partial charge is 0.490 e. The smallest absolute Gasteiger partial charge is 0.231 e. The third-order valence-electron chi connectivity index (χ3n) is 3.70. The van der Waals surface area contributed by atoms with Crippen LogP contribution in [0.15, 0.2) is 40.9 Å². The Bertz CT molecular complexity index is 844. The van der Waals surface area contributed by atoms with Gasteiger partial charge in [0.05, 0.1) is 17.7 Å². The third-order valence-corrected chi connectivity index (χ3v) is 4.29. The Morgan fingerprint density at radius 2 is 1.88 bits per heavy atom. The zero-order valence-electron chi connectivity index (χ0n) is 14.6. The first kappa shape index (κ1) is 18.3. The molecule has 0 saturated carbocycles. The fraction of sp³-hybridized carbons (Fsp3) is 0.250. The highest BCUT2D eigenvalue weighted by Crippen LogP contribution is 2.37. The molecular weight excluding hydrogens is 400 g/mol. The lowest BCUT2D eigenvalue weighted by molar-refractivity contribution is 0.104. The van der Waals surface area contributed by atoms with E-state index in [0.29, 0.717) is 41.8 Å². The van der Waals surface area contributed by atoms with Gasteiger partial charge in [-0.3, -0.25) is 4.79 Å². The molecule has 0 unspecified atom stereocenters. The van der Waals surface area contributed by atoms with E-state index in [1.807, 2.05) is 26.0 Å². The summed E-state index contributed by atoms with van der Waals surface area (Å²) in [6.07, 6.45) is 3.27. The van der Waals surface area contributed by atoms with Crippen LogP contribution in [0.1, 0.15) is 29.8 Å². The number of hydrogen-bond donors (Lipinski definition) is 0. The summed E-state index contributed by atoms with van der Waals surface area (Å²) in [5.41, 5.74) is 1.37. The molecule has 136 valence electrons. The van der Waals surface area contributed by atoms with Crippen LogP contribution in [-0.2, 0) is 0 Å². The molecule has 2 aromatic rings. The van der Waals surface area contributed by atoms with Crippen LogP contribution in [0, 0.1) is 0 Å². The SMILES string of the molecule is CCOc1cc(C=CC(=O)c2ccc3c(c2)OCO3)cc(Br)c1OCC. The number of halogens is 1. The van der Waals surface area contributed by atoms with Gasteiger partial charge < -0.3 is 18.9 Å². The van der Waals surface area contributed by atoms with Crippen molar-refractivity contribution in [2.75, 3.05) is 20.0 Å². The standard InChI is InChI=1S/C20H19BrO5/c1-3-23-19-10-13(9-15(21)20(19)24-4-2)5-7-16(22)14-6-8-17-18(11-14)26-12-25-17/h5-11H,3-4,12H2,1-2H3. The molecule has 0 amide bonds. The number of fused-ring (bicyclic) bond motifs is 1. The van der Waals surface area contributed by atoms with Crippen LogP contribution in [0.5, 0.6) is 23.0 Å². The molecule has 6 heteroatoms. The minimum Gasteiger partial charge on any atom is -0.490 e. The zero-order valence-corrected chi connectivity index (χ0v) is 16.2. The van der Waals surface area contributed by atoms with Crippen molar-refractivity contribution in [2.45, 2.75) is 13.8 Å². The highest BCUT2D eigenvalue weighted by molar-refractivity contribution is 9.10. The Hall–Kier alpha value is -2.47. The molecule has 3 rings (SSSR count). The van der Waals surface area contributed by atoms with Gasteiger partial charge in [0, 0.05) is 5.56 Å². The maximum atomic E-state index is 12.4. The number of hydrogen-bond acceptors (Lipinski definition) is 5. The molecule has 1 aliphatic rings. The second-order valence-corrected chi connectivity index (χ2v) is 6.32. The average molecular weight is 419 g/mol. The molecule has 0 bridgehead atoms. The van der Waals surface area contributed by atoms with Crippen molar-refractivity contribution in [3.63, 3.8) is 0 Å². The van der Waals surface area contributed by atoms with Gasteiger partial charge in [-0.25, -0.2) is 0 Å². The van der Waals surface area contributed by atoms with Gasteiger partial charge in [0.25, 0.3) is 0 Å². The Morgan fingerprint density at radius 3 is 2.65 bits per heavy atom. The fourth-order valence-electron chi connectivity index (χ4n) is 2.55. The number of ketones is 1. The van der Waals surface area contributed by atoms with E-state index in [1.54, 1.807) is 24.3 Å². The molecule has 0 aliphatic carbocycles. The number of benzene rings is 2. The van der Waals surface area contributed by atoms with E-state index in [4.69, 9.17) is 18.9 Å². The summed E-state index contributed by atoms with van der Waals surface area (Å²) >= 11 is 3.50. The lowest BCUT2D eigenvalue weighted by Gasteiger charge is -2.13. The quantitative estimate of drug-likeness (QED) is 0.474. The summed E-state index contributed by atoms with van der Waals surface area (Å²) in [6.45, 7) is 5.07. The van der Waals surface area contributed by atoms with E-state index in [9.17, 15) is 4.79 Å². The molecular formula is C20H19BrO5. The van der Waals surface area contributed by atoms with Crippen LogP contribution in [0.25, 0.3) is 6.08 Å². The molecule has 2 aromatic carbocycles. The second kappa shape index (κ2) is 8.27. The number of carbonyl (C=O) groups excluding carboxylic acids is 1. The maximum absolute atomic E-state index is 12.4. The number of ether oxygens (including phenoxy) is 4. The summed E-state index contributed by atoms with van der Waals surface area (Å²) in [6, 6.07) is 8.89. The van der Waals surface area contributed by atoms with Crippen LogP contribution in [-0.4, -0.2) is 25.8 Å². The number of allylic oxidation sites excluding steroid dienone is 1. The summed E-state index contributed by atoms with van der Waals surface area (Å²) in [5.74, 6) is 2.42. The highest BCUT2D eigenvalue weighted by atomic mass is 79.9. The van der Waals surface area contributed by atoms with E-state index in [1.165, 1.54) is 6.08 Å². The number of carbonyl (C=O) groups is 1. The van der Waals surface area contributed by atoms with Crippen molar-refractivity contribution >= 4 is 27.8 Å². The van der Waals surface area contributed by atoms with Gasteiger partial charge in [-0.15, -0.1) is 0 Å². The molecule has 0 saturated heterocycles.